The Kier molecular flexibility index (Phi) is 8.34. The van der Waals surface area contributed by atoms with E-state index in [1.54, 1.807) is 14.0 Å². The first-order valence-corrected chi connectivity index (χ1v) is 13.6. The molecule has 3 rings (SSSR count). The van der Waals surface area contributed by atoms with Crippen molar-refractivity contribution >= 4 is 47.8 Å². The van der Waals surface area contributed by atoms with E-state index in [1.807, 2.05) is 20.8 Å². The third-order valence-corrected chi connectivity index (χ3v) is 7.16. The summed E-state index contributed by atoms with van der Waals surface area (Å²) in [5.74, 6) is -0.0921. The van der Waals surface area contributed by atoms with E-state index in [2.05, 4.69) is 25.4 Å². The summed E-state index contributed by atoms with van der Waals surface area (Å²) in [6, 6.07) is -0.679. The van der Waals surface area contributed by atoms with Crippen molar-refractivity contribution in [2.24, 2.45) is 5.41 Å². The minimum Gasteiger partial charge on any atom is -0.464 e. The molecular formula is C20H33FN7O5PS. The van der Waals surface area contributed by atoms with Gasteiger partial charge in [0.15, 0.2) is 28.9 Å². The topological polar surface area (TPSA) is 159 Å². The Balaban J connectivity index is 1.65. The lowest BCUT2D eigenvalue weighted by molar-refractivity contribution is -0.147. The van der Waals surface area contributed by atoms with Crippen LogP contribution in [0.1, 0.15) is 40.8 Å². The number of aliphatic hydroxyl groups is 1. The molecule has 2 aromatic heterocycles. The Hall–Kier alpha value is -1.96. The summed E-state index contributed by atoms with van der Waals surface area (Å²) in [6.07, 6.45) is -2.45. The Morgan fingerprint density at radius 2 is 2.17 bits per heavy atom. The molecule has 1 fully saturated rings. The van der Waals surface area contributed by atoms with Crippen LogP contribution in [0.2, 0.25) is 0 Å². The molecule has 1 aliphatic heterocycles. The third-order valence-electron chi connectivity index (χ3n) is 5.36. The maximum Gasteiger partial charge on any atom is 0.323 e. The minimum absolute atomic E-state index is 0.0258. The monoisotopic (exact) mass is 533 g/mol. The number of imidazole rings is 1. The Morgan fingerprint density at radius 1 is 1.49 bits per heavy atom. The second-order valence-corrected chi connectivity index (χ2v) is 12.0. The lowest BCUT2D eigenvalue weighted by atomic mass is 9.98. The molecule has 0 aromatic carbocycles. The quantitative estimate of drug-likeness (QED) is 0.272. The number of hydrogen-bond donors (Lipinski definition) is 4. The summed E-state index contributed by atoms with van der Waals surface area (Å²) in [5, 5.41) is 16.4. The van der Waals surface area contributed by atoms with Gasteiger partial charge in [-0.05, 0) is 19.3 Å². The predicted molar refractivity (Wildman–Crippen MR) is 133 cm³/mol. The van der Waals surface area contributed by atoms with Crippen molar-refractivity contribution in [1.82, 2.24) is 24.6 Å². The second kappa shape index (κ2) is 10.6. The van der Waals surface area contributed by atoms with Crippen molar-refractivity contribution < 1.29 is 28.3 Å². The molecular weight excluding hydrogens is 500 g/mol. The standard InChI is InChI=1S/C20H33FN7O5PS/c1-10(16(30)31-8-19(2,3)4)27-34(35)32-7-11-13(29)20(5,21)17(33-11)28-9-24-12-14(23-6)25-18(22)26-15(12)28/h9-11,13,17,29,34H,7-8H2,1-6H3,(H,27,35)(H3,22,23,25,26)/t10-,11?,13+,17+,20+/m0/s1. The van der Waals surface area contributed by atoms with Gasteiger partial charge in [-0.25, -0.2) is 9.37 Å². The fourth-order valence-corrected chi connectivity index (χ4v) is 5.08. The van der Waals surface area contributed by atoms with Crippen LogP contribution >= 0.6 is 7.07 Å². The number of ether oxygens (including phenoxy) is 2. The van der Waals surface area contributed by atoms with Crippen molar-refractivity contribution in [3.63, 3.8) is 0 Å². The van der Waals surface area contributed by atoms with Gasteiger partial charge in [0, 0.05) is 7.05 Å². The number of esters is 1. The highest BCUT2D eigenvalue weighted by atomic mass is 32.4. The van der Waals surface area contributed by atoms with Gasteiger partial charge in [0.1, 0.15) is 25.3 Å². The van der Waals surface area contributed by atoms with Gasteiger partial charge in [0.25, 0.3) is 0 Å². The molecule has 0 amide bonds. The molecule has 0 aliphatic carbocycles. The number of nitrogen functional groups attached to an aromatic ring is 1. The number of alkyl halides is 1. The summed E-state index contributed by atoms with van der Waals surface area (Å²) in [4.78, 5) is 24.6. The summed E-state index contributed by atoms with van der Waals surface area (Å²) >= 11 is 5.31. The van der Waals surface area contributed by atoms with Crippen LogP contribution in [0.3, 0.4) is 0 Å². The molecule has 2 aromatic rings. The number of halogens is 1. The summed E-state index contributed by atoms with van der Waals surface area (Å²) in [6.45, 7) is 8.80. The number of nitrogens with zero attached hydrogens (tertiary/aromatic N) is 4. The van der Waals surface area contributed by atoms with Crippen LogP contribution in [0.15, 0.2) is 6.33 Å². The first-order valence-electron chi connectivity index (χ1n) is 11.0. The van der Waals surface area contributed by atoms with Crippen LogP contribution < -0.4 is 16.1 Å². The number of carbonyl (C=O) groups excluding carboxylic acids is 1. The fraction of sp³-hybridized carbons (Fsp3) is 0.700. The van der Waals surface area contributed by atoms with Crippen LogP contribution in [-0.2, 0) is 30.6 Å². The minimum atomic E-state index is -2.20. The van der Waals surface area contributed by atoms with Gasteiger partial charge in [-0.2, -0.15) is 9.97 Å². The van der Waals surface area contributed by atoms with Gasteiger partial charge in [0.05, 0.1) is 19.5 Å². The Morgan fingerprint density at radius 3 is 2.80 bits per heavy atom. The van der Waals surface area contributed by atoms with E-state index in [1.165, 1.54) is 17.8 Å². The van der Waals surface area contributed by atoms with Crippen molar-refractivity contribution in [3.8, 4) is 0 Å². The van der Waals surface area contributed by atoms with E-state index in [4.69, 9.17) is 31.5 Å². The largest absolute Gasteiger partial charge is 0.464 e. The summed E-state index contributed by atoms with van der Waals surface area (Å²) in [7, 11) is -0.450. The molecule has 12 nitrogen and oxygen atoms in total. The Bertz CT molecular complexity index is 1100. The smallest absolute Gasteiger partial charge is 0.323 e. The fourth-order valence-electron chi connectivity index (χ4n) is 3.48. The van der Waals surface area contributed by atoms with E-state index < -0.39 is 43.2 Å². The van der Waals surface area contributed by atoms with Crippen LogP contribution in [0.25, 0.3) is 11.2 Å². The zero-order valence-corrected chi connectivity index (χ0v) is 22.4. The average Bonchev–Trinajstić information content (AvgIpc) is 3.27. The molecule has 196 valence electrons. The van der Waals surface area contributed by atoms with Gasteiger partial charge >= 0.3 is 5.97 Å². The van der Waals surface area contributed by atoms with E-state index in [-0.39, 0.29) is 30.2 Å². The first-order chi connectivity index (χ1) is 16.2. The lowest BCUT2D eigenvalue weighted by Crippen LogP contribution is -2.40. The molecule has 35 heavy (non-hydrogen) atoms. The van der Waals surface area contributed by atoms with Crippen molar-refractivity contribution in [2.75, 3.05) is 31.3 Å². The predicted octanol–water partition coefficient (Wildman–Crippen LogP) is 1.53. The number of aliphatic hydroxyl groups excluding tert-OH is 1. The van der Waals surface area contributed by atoms with Gasteiger partial charge in [-0.3, -0.25) is 14.4 Å². The van der Waals surface area contributed by atoms with Gasteiger partial charge in [-0.1, -0.05) is 32.6 Å². The van der Waals surface area contributed by atoms with Crippen molar-refractivity contribution in [2.45, 2.75) is 64.8 Å². The van der Waals surface area contributed by atoms with Crippen LogP contribution in [0.5, 0.6) is 0 Å². The van der Waals surface area contributed by atoms with E-state index in [0.29, 0.717) is 11.3 Å². The van der Waals surface area contributed by atoms with Gasteiger partial charge in [-0.15, -0.1) is 0 Å². The number of aromatic nitrogens is 4. The Labute approximate surface area is 208 Å². The molecule has 0 spiro atoms. The highest BCUT2D eigenvalue weighted by Gasteiger charge is 2.55. The SMILES string of the molecule is CNc1nc(N)nc2c1ncn2[C@@H]1OC(CO[PH](=S)N[C@@H](C)C(=O)OCC(C)(C)C)[C@@H](O)[C@@]1(C)F. The molecule has 0 bridgehead atoms. The van der Waals surface area contributed by atoms with Crippen molar-refractivity contribution in [1.29, 1.82) is 0 Å². The summed E-state index contributed by atoms with van der Waals surface area (Å²) in [5.41, 5.74) is 4.04. The molecule has 15 heteroatoms. The molecule has 1 saturated heterocycles. The molecule has 0 radical (unpaired) electrons. The number of anilines is 2. The number of carbonyl (C=O) groups is 1. The maximum absolute atomic E-state index is 15.7. The molecule has 3 heterocycles. The molecule has 2 unspecified atom stereocenters. The molecule has 5 N–H and O–H groups in total. The molecule has 1 aliphatic rings. The van der Waals surface area contributed by atoms with Crippen LogP contribution in [0.4, 0.5) is 16.2 Å². The number of hydrogen-bond acceptors (Lipinski definition) is 11. The molecule has 0 saturated carbocycles. The van der Waals surface area contributed by atoms with Crippen molar-refractivity contribution in [3.05, 3.63) is 6.33 Å². The zero-order valence-electron chi connectivity index (χ0n) is 20.5. The van der Waals surface area contributed by atoms with E-state index in [9.17, 15) is 9.90 Å². The summed E-state index contributed by atoms with van der Waals surface area (Å²) < 4.78 is 33.8. The van der Waals surface area contributed by atoms with Crippen LogP contribution in [0, 0.1) is 5.41 Å². The highest BCUT2D eigenvalue weighted by molar-refractivity contribution is 8.02. The zero-order chi connectivity index (χ0) is 26.1. The lowest BCUT2D eigenvalue weighted by Gasteiger charge is -2.24. The van der Waals surface area contributed by atoms with Gasteiger partial charge in [0.2, 0.25) is 5.95 Å². The van der Waals surface area contributed by atoms with E-state index in [0.717, 1.165) is 0 Å². The first kappa shape index (κ1) is 27.6. The normalized spacial score (nSPS) is 26.6. The third kappa shape index (κ3) is 6.25. The van der Waals surface area contributed by atoms with Crippen LogP contribution in [-0.4, -0.2) is 74.8 Å². The highest BCUT2D eigenvalue weighted by Crippen LogP contribution is 2.43. The number of nitrogens with one attached hydrogen (secondary N) is 2. The average molecular weight is 534 g/mol. The molecule has 6 atom stereocenters. The number of fused-ring (bicyclic) bond motifs is 1. The second-order valence-electron chi connectivity index (χ2n) is 9.76. The maximum atomic E-state index is 15.7. The number of rotatable bonds is 9. The van der Waals surface area contributed by atoms with Gasteiger partial charge < -0.3 is 30.2 Å². The number of nitrogens with two attached hydrogens (primary N) is 1. The van der Waals surface area contributed by atoms with E-state index >= 15 is 4.39 Å².